The monoisotopic (exact) mass is 1810 g/mol. The van der Waals surface area contributed by atoms with Crippen LogP contribution in [0.3, 0.4) is 0 Å². The summed E-state index contributed by atoms with van der Waals surface area (Å²) in [6.45, 7) is 4.65. The van der Waals surface area contributed by atoms with Crippen molar-refractivity contribution < 1.29 is 59.1 Å². The minimum atomic E-state index is -1.04. The number of aliphatic hydroxyl groups excluding tert-OH is 4. The van der Waals surface area contributed by atoms with Gasteiger partial charge in [0.25, 0.3) is 44.5 Å². The molecule has 16 aliphatic heterocycles. The molecule has 0 radical (unpaired) electrons. The number of unbranched alkanes of at least 4 members (excludes halogenated alkanes) is 32. The van der Waals surface area contributed by atoms with Crippen LogP contribution in [0, 0.1) is 42.8 Å². The molecule has 0 fully saturated rings. The Morgan fingerprint density at radius 2 is 0.326 bits per heavy atom. The van der Waals surface area contributed by atoms with E-state index in [4.69, 9.17) is 38.7 Å². The SMILES string of the molecule is CCCCCCCCCCCC1c2cc3c4cc2On2ccn(c5c(=O)n(CO)c(=O)c2=5)Oc2cc5c(cc21)C(CCCCCCCCCCC)c1cc2c(cc1On1ccn(c6c(=O)n(CO)c(=O)c1=6)O5)On1ccn(c5c(=O)n(CO)c(=O)c1=5)Oc1cc(c(cc1C2CCCCCCCCCCC)C3CCCCCCCCCCC)On1ccn(c2c(=O)n(CO)c(=O)c1=2)O4. The molecule has 16 heterocycles. The Bertz CT molecular complexity index is 5840. The Kier molecular flexibility index (Phi) is 28.8. The molecule has 0 aromatic heterocycles. The van der Waals surface area contributed by atoms with Gasteiger partial charge in [-0.1, -0.05) is 259 Å². The highest BCUT2D eigenvalue weighted by Gasteiger charge is 2.40. The average molecular weight is 1810 g/mol. The van der Waals surface area contributed by atoms with Gasteiger partial charge in [0.05, 0.1) is 49.6 Å². The van der Waals surface area contributed by atoms with E-state index >= 15 is 38.4 Å². The third-order valence-electron chi connectivity index (χ3n) is 27.7. The van der Waals surface area contributed by atoms with E-state index in [1.807, 2.05) is 24.3 Å². The lowest BCUT2D eigenvalue weighted by Gasteiger charge is -2.31. The maximum absolute atomic E-state index is 15.3. The fourth-order valence-corrected chi connectivity index (χ4v) is 20.6. The lowest BCUT2D eigenvalue weighted by atomic mass is 9.76. The molecule has 0 aliphatic carbocycles. The van der Waals surface area contributed by atoms with Crippen molar-refractivity contribution in [1.29, 1.82) is 0 Å². The summed E-state index contributed by atoms with van der Waals surface area (Å²) >= 11 is 0. The van der Waals surface area contributed by atoms with E-state index in [-0.39, 0.29) is 88.8 Å². The third-order valence-corrected chi connectivity index (χ3v) is 27.7. The molecule has 32 nitrogen and oxygen atoms in total. The molecule has 0 saturated heterocycles. The molecule has 32 heteroatoms. The third kappa shape index (κ3) is 17.9. The molecule has 0 atom stereocenters. The molecule has 0 spiro atoms. The number of hydrogen-bond donors (Lipinski definition) is 4. The zero-order chi connectivity index (χ0) is 91.8. The van der Waals surface area contributed by atoms with Crippen LogP contribution in [0.5, 0.6) is 46.0 Å². The quantitative estimate of drug-likeness (QED) is 0.0258. The van der Waals surface area contributed by atoms with Crippen molar-refractivity contribution in [3.05, 3.63) is 268 Å². The maximum atomic E-state index is 15.3. The van der Waals surface area contributed by atoms with Crippen molar-refractivity contribution in [3.8, 4) is 46.0 Å². The van der Waals surface area contributed by atoms with Crippen molar-refractivity contribution in [2.24, 2.45) is 0 Å². The summed E-state index contributed by atoms with van der Waals surface area (Å²) in [4.78, 5) is 182. The van der Waals surface area contributed by atoms with Crippen molar-refractivity contribution in [2.45, 2.75) is 335 Å². The van der Waals surface area contributed by atoms with Crippen molar-refractivity contribution in [1.82, 2.24) is 56.1 Å². The minimum absolute atomic E-state index is 0.0821. The highest BCUT2D eigenvalue weighted by Crippen LogP contribution is 2.55. The zero-order valence-electron chi connectivity index (χ0n) is 76.3. The van der Waals surface area contributed by atoms with Crippen LogP contribution in [0.2, 0.25) is 0 Å². The van der Waals surface area contributed by atoms with Gasteiger partial charge in [-0.2, -0.15) is 37.8 Å². The lowest BCUT2D eigenvalue weighted by molar-refractivity contribution is 0.163. The van der Waals surface area contributed by atoms with Gasteiger partial charge in [-0.15, -0.1) is 0 Å². The summed E-state index contributed by atoms with van der Waals surface area (Å²) in [6.07, 6.45) is 48.0. The number of fused-ring (bicyclic) bond motifs is 4. The van der Waals surface area contributed by atoms with Crippen LogP contribution in [0.4, 0.5) is 0 Å². The van der Waals surface area contributed by atoms with E-state index in [2.05, 4.69) is 27.7 Å². The van der Waals surface area contributed by atoms with E-state index in [9.17, 15) is 20.4 Å². The summed E-state index contributed by atoms with van der Waals surface area (Å²) in [6, 6.07) is 15.0. The van der Waals surface area contributed by atoms with Crippen LogP contribution in [-0.4, -0.2) is 76.5 Å². The Hall–Kier alpha value is -12.0. The standard InChI is InChI=1S/C100H124N12O20/c1-5-9-13-17-21-25-29-33-37-41-65-69-53-71-66(42-38-34-30-26-22-18-14-10-6-2)73-55-75-68(44-40-36-32-28-24-20-16-12-8-4)76-56-74-67(43-39-35-31-27-23-19-15-11-7-3)72-54-70(65)78-58-80(72)128-108-48-50-110(90-88(108)96(120)103(63-115)98(90)122)130-82(74)60-84(76)132-112-52-51-111(91-92(112)100(124)104(64-116)99(91)123)131-83(75)59-81(73)129-109-49-47-107(87-89(109)97(121)102(62-114)95(87)119)127-79(71)57-77(69)125-105-45-46-106(126-78)86-85(105)93(117)101(61-113)94(86)118/h45-60,65-68,113-116H,5-44,61-64H2,1-4H3. The van der Waals surface area contributed by atoms with E-state index < -0.39 is 95.1 Å². The molecule has 20 rings (SSSR count). The van der Waals surface area contributed by atoms with Crippen LogP contribution < -0.4 is 83.2 Å². The van der Waals surface area contributed by atoms with Crippen molar-refractivity contribution in [3.63, 3.8) is 0 Å². The van der Waals surface area contributed by atoms with Gasteiger partial charge in [0, 0.05) is 92.4 Å². The first-order valence-electron chi connectivity index (χ1n) is 48.6. The lowest BCUT2D eigenvalue weighted by Crippen LogP contribution is -2.28. The van der Waals surface area contributed by atoms with Crippen molar-refractivity contribution >= 4 is 0 Å². The molecule has 16 aliphatic rings. The molecule has 4 aromatic carbocycles. The van der Waals surface area contributed by atoms with Crippen LogP contribution in [-0.2, 0) is 26.9 Å². The van der Waals surface area contributed by atoms with Gasteiger partial charge < -0.3 is 59.1 Å². The van der Waals surface area contributed by atoms with Gasteiger partial charge >= 0.3 is 0 Å². The molecule has 0 saturated carbocycles. The Morgan fingerprint density at radius 1 is 0.197 bits per heavy atom. The molecular weight excluding hydrogens is 1690 g/mol. The van der Waals surface area contributed by atoms with Crippen molar-refractivity contribution in [2.75, 3.05) is 0 Å². The summed E-state index contributed by atoms with van der Waals surface area (Å²) < 4.78 is 12.0. The average Bonchev–Trinajstić information content (AvgIpc) is 1.55. The molecule has 704 valence electrons. The summed E-state index contributed by atoms with van der Waals surface area (Å²) in [7, 11) is 0. The molecule has 0 amide bonds. The smallest absolute Gasteiger partial charge is 0.285 e. The predicted octanol–water partition coefficient (Wildman–Crippen LogP) is 15.4. The zero-order valence-corrected chi connectivity index (χ0v) is 76.3. The Balaban J connectivity index is 1.04. The number of benzene rings is 4. The molecule has 132 heavy (non-hydrogen) atoms. The first-order chi connectivity index (χ1) is 64.5. The number of rotatable bonds is 44. The van der Waals surface area contributed by atoms with Gasteiger partial charge in [-0.3, -0.25) is 38.4 Å². The Morgan fingerprint density at radius 3 is 0.455 bits per heavy atom. The first-order valence-corrected chi connectivity index (χ1v) is 48.6. The number of aromatic nitrogens is 12. The summed E-state index contributed by atoms with van der Waals surface area (Å²) in [5, 5.41) is 41.6. The highest BCUT2D eigenvalue weighted by atomic mass is 16.7. The van der Waals surface area contributed by atoms with Crippen LogP contribution in [0.25, 0.3) is 0 Å². The predicted molar refractivity (Wildman–Crippen MR) is 491 cm³/mol. The second-order valence-corrected chi connectivity index (χ2v) is 36.4. The van der Waals surface area contributed by atoms with Crippen LogP contribution in [0.1, 0.15) is 353 Å². The summed E-state index contributed by atoms with van der Waals surface area (Å²) in [5.41, 5.74) is -3.38. The highest BCUT2D eigenvalue weighted by molar-refractivity contribution is 5.64. The normalized spacial score (nSPS) is 15.5. The van der Waals surface area contributed by atoms with Crippen LogP contribution in [0.15, 0.2) is 136 Å². The molecule has 0 unspecified atom stereocenters. The second kappa shape index (κ2) is 41.4. The van der Waals surface area contributed by atoms with Crippen LogP contribution >= 0.6 is 0 Å². The number of nitrogens with zero attached hydrogens (tertiary/aromatic N) is 12. The minimum Gasteiger partial charge on any atom is -0.376 e. The molecule has 4 N–H and O–H groups in total. The molecular formula is C100H124N12O20. The van der Waals surface area contributed by atoms with E-state index in [0.717, 1.165) is 205 Å². The van der Waals surface area contributed by atoms with E-state index in [1.54, 1.807) is 24.3 Å². The second-order valence-electron chi connectivity index (χ2n) is 36.4. The molecule has 4 aromatic rings. The number of aliphatic hydroxyl groups is 4. The largest absolute Gasteiger partial charge is 0.376 e. The number of hydrogen-bond acceptors (Lipinski definition) is 20. The summed E-state index contributed by atoms with van der Waals surface area (Å²) in [5.74, 6) is -2.67. The fraction of sp³-hybridized carbons (Fsp3) is 0.520. The maximum Gasteiger partial charge on any atom is 0.285 e. The van der Waals surface area contributed by atoms with Gasteiger partial charge in [-0.25, -0.2) is 18.3 Å². The van der Waals surface area contributed by atoms with E-state index in [1.165, 1.54) is 87.4 Å². The Labute approximate surface area is 760 Å². The van der Waals surface area contributed by atoms with Gasteiger partial charge in [-0.05, 0) is 49.9 Å². The van der Waals surface area contributed by atoms with Gasteiger partial charge in [0.2, 0.25) is 0 Å². The van der Waals surface area contributed by atoms with Gasteiger partial charge in [0.1, 0.15) is 26.9 Å². The fourth-order valence-electron chi connectivity index (χ4n) is 20.6. The topological polar surface area (TPSA) is 350 Å². The van der Waals surface area contributed by atoms with Gasteiger partial charge in [0.15, 0.2) is 88.8 Å². The van der Waals surface area contributed by atoms with E-state index in [0.29, 0.717) is 114 Å². The first kappa shape index (κ1) is 91.9. The molecule has 8 bridgehead atoms.